The van der Waals surface area contributed by atoms with E-state index in [1.165, 1.54) is 0 Å². The minimum absolute atomic E-state index is 0.188. The van der Waals surface area contributed by atoms with Gasteiger partial charge in [-0.3, -0.25) is 5.10 Å². The van der Waals surface area contributed by atoms with Crippen molar-refractivity contribution in [1.29, 1.82) is 0 Å². The third-order valence-corrected chi connectivity index (χ3v) is 1.35. The first kappa shape index (κ1) is 8.13. The maximum Gasteiger partial charge on any atom is 0.278 e. The highest BCUT2D eigenvalue weighted by atomic mass is 19.3. The Kier molecular flexibility index (Phi) is 2.19. The molecule has 1 aromatic rings. The Balaban J connectivity index is 2.73. The van der Waals surface area contributed by atoms with Gasteiger partial charge in [0.2, 0.25) is 0 Å². The van der Waals surface area contributed by atoms with Crippen LogP contribution in [0.3, 0.4) is 0 Å². The zero-order valence-electron chi connectivity index (χ0n) is 5.72. The minimum atomic E-state index is -2.97. The van der Waals surface area contributed by atoms with E-state index in [2.05, 4.69) is 10.2 Å². The molecule has 0 amide bonds. The van der Waals surface area contributed by atoms with E-state index in [1.807, 2.05) is 0 Å². The summed E-state index contributed by atoms with van der Waals surface area (Å²) >= 11 is 0. The lowest BCUT2D eigenvalue weighted by atomic mass is 10.1. The van der Waals surface area contributed by atoms with Crippen LogP contribution in [-0.2, 0) is 5.92 Å². The molecule has 0 aromatic carbocycles. The summed E-state index contributed by atoms with van der Waals surface area (Å²) in [5.41, 5.74) is -0.188. The lowest BCUT2D eigenvalue weighted by Gasteiger charge is -2.11. The first-order chi connectivity index (χ1) is 5.17. The zero-order valence-corrected chi connectivity index (χ0v) is 5.72. The first-order valence-corrected chi connectivity index (χ1v) is 3.15. The van der Waals surface area contributed by atoms with Crippen molar-refractivity contribution in [2.75, 3.05) is 6.61 Å². The maximum atomic E-state index is 12.8. The van der Waals surface area contributed by atoms with Crippen LogP contribution in [0.4, 0.5) is 8.78 Å². The van der Waals surface area contributed by atoms with E-state index in [0.717, 1.165) is 12.4 Å². The maximum absolute atomic E-state index is 12.8. The van der Waals surface area contributed by atoms with Gasteiger partial charge in [-0.25, -0.2) is 8.78 Å². The molecule has 0 fully saturated rings. The molecule has 0 atom stereocenters. The van der Waals surface area contributed by atoms with Crippen molar-refractivity contribution < 1.29 is 13.9 Å². The number of alkyl halides is 2. The minimum Gasteiger partial charge on any atom is -0.396 e. The molecule has 1 aromatic heterocycles. The molecular formula is C6H8F2N2O. The van der Waals surface area contributed by atoms with Gasteiger partial charge in [-0.05, 0) is 0 Å². The van der Waals surface area contributed by atoms with Gasteiger partial charge in [0.25, 0.3) is 5.92 Å². The topological polar surface area (TPSA) is 48.9 Å². The van der Waals surface area contributed by atoms with Gasteiger partial charge in [0.15, 0.2) is 0 Å². The summed E-state index contributed by atoms with van der Waals surface area (Å²) in [4.78, 5) is 0. The molecule has 0 radical (unpaired) electrons. The molecule has 0 unspecified atom stereocenters. The fourth-order valence-corrected chi connectivity index (χ4v) is 0.736. The van der Waals surface area contributed by atoms with Gasteiger partial charge in [-0.2, -0.15) is 5.10 Å². The van der Waals surface area contributed by atoms with Crippen molar-refractivity contribution in [3.63, 3.8) is 0 Å². The Hall–Kier alpha value is -0.970. The number of aromatic nitrogens is 2. The number of aliphatic hydroxyl groups is 1. The van der Waals surface area contributed by atoms with Crippen LogP contribution in [0.15, 0.2) is 12.4 Å². The predicted molar refractivity (Wildman–Crippen MR) is 34.2 cm³/mol. The van der Waals surface area contributed by atoms with Gasteiger partial charge < -0.3 is 5.11 Å². The monoisotopic (exact) mass is 162 g/mol. The highest BCUT2D eigenvalue weighted by Crippen LogP contribution is 2.29. The number of nitrogens with zero attached hydrogens (tertiary/aromatic N) is 1. The van der Waals surface area contributed by atoms with Crippen molar-refractivity contribution in [2.24, 2.45) is 0 Å². The third-order valence-electron chi connectivity index (χ3n) is 1.35. The number of nitrogens with one attached hydrogen (secondary N) is 1. The molecule has 0 aliphatic carbocycles. The van der Waals surface area contributed by atoms with Crippen molar-refractivity contribution in [2.45, 2.75) is 12.3 Å². The first-order valence-electron chi connectivity index (χ1n) is 3.15. The standard InChI is InChI=1S/C6H8F2N2O/c7-6(8,1-2-11)5-3-9-10-4-5/h3-4,11H,1-2H2,(H,9,10). The Morgan fingerprint density at radius 3 is 2.82 bits per heavy atom. The molecule has 0 bridgehead atoms. The van der Waals surface area contributed by atoms with Gasteiger partial charge in [0.1, 0.15) is 0 Å². The molecule has 62 valence electrons. The number of H-pyrrole nitrogens is 1. The summed E-state index contributed by atoms with van der Waals surface area (Å²) in [5, 5.41) is 14.0. The normalized spacial score (nSPS) is 11.9. The number of hydrogen-bond donors (Lipinski definition) is 2. The molecule has 0 aliphatic heterocycles. The summed E-state index contributed by atoms with van der Waals surface area (Å²) < 4.78 is 25.5. The molecule has 5 heteroatoms. The summed E-state index contributed by atoms with van der Waals surface area (Å²) in [6.07, 6.45) is 1.61. The fourth-order valence-electron chi connectivity index (χ4n) is 0.736. The number of rotatable bonds is 3. The lowest BCUT2D eigenvalue weighted by molar-refractivity contribution is -0.0269. The second-order valence-electron chi connectivity index (χ2n) is 2.17. The van der Waals surface area contributed by atoms with Crippen molar-refractivity contribution >= 4 is 0 Å². The van der Waals surface area contributed by atoms with Gasteiger partial charge in [-0.15, -0.1) is 0 Å². The SMILES string of the molecule is OCCC(F)(F)c1cn[nH]c1. The molecular weight excluding hydrogens is 154 g/mol. The highest BCUT2D eigenvalue weighted by Gasteiger charge is 2.31. The number of hydrogen-bond acceptors (Lipinski definition) is 2. The molecule has 0 saturated carbocycles. The second-order valence-corrected chi connectivity index (χ2v) is 2.17. The third kappa shape index (κ3) is 1.74. The van der Waals surface area contributed by atoms with Crippen molar-refractivity contribution in [3.8, 4) is 0 Å². The lowest BCUT2D eigenvalue weighted by Crippen LogP contribution is -2.14. The summed E-state index contributed by atoms with van der Waals surface area (Å²) in [6, 6.07) is 0. The molecule has 11 heavy (non-hydrogen) atoms. The van der Waals surface area contributed by atoms with E-state index in [9.17, 15) is 8.78 Å². The molecule has 0 spiro atoms. The van der Waals surface area contributed by atoms with Crippen LogP contribution in [0.25, 0.3) is 0 Å². The van der Waals surface area contributed by atoms with E-state index < -0.39 is 19.0 Å². The van der Waals surface area contributed by atoms with Gasteiger partial charge in [-0.1, -0.05) is 0 Å². The molecule has 0 aliphatic rings. The molecule has 3 nitrogen and oxygen atoms in total. The summed E-state index contributed by atoms with van der Waals surface area (Å²) in [6.45, 7) is -0.530. The van der Waals surface area contributed by atoms with E-state index in [4.69, 9.17) is 5.11 Å². The highest BCUT2D eigenvalue weighted by molar-refractivity contribution is 5.10. The van der Waals surface area contributed by atoms with Crippen LogP contribution < -0.4 is 0 Å². The number of aliphatic hydroxyl groups excluding tert-OH is 1. The van der Waals surface area contributed by atoms with Gasteiger partial charge >= 0.3 is 0 Å². The van der Waals surface area contributed by atoms with Crippen LogP contribution >= 0.6 is 0 Å². The molecule has 2 N–H and O–H groups in total. The zero-order chi connectivity index (χ0) is 8.32. The van der Waals surface area contributed by atoms with E-state index >= 15 is 0 Å². The molecule has 0 saturated heterocycles. The number of halogens is 2. The van der Waals surface area contributed by atoms with Crippen LogP contribution in [0, 0.1) is 0 Å². The number of aromatic amines is 1. The fraction of sp³-hybridized carbons (Fsp3) is 0.500. The van der Waals surface area contributed by atoms with Crippen LogP contribution in [0.5, 0.6) is 0 Å². The van der Waals surface area contributed by atoms with E-state index in [0.29, 0.717) is 0 Å². The average Bonchev–Trinajstić information content (AvgIpc) is 2.37. The summed E-state index contributed by atoms with van der Waals surface area (Å²) in [5.74, 6) is -2.97. The second kappa shape index (κ2) is 2.96. The molecule has 1 heterocycles. The van der Waals surface area contributed by atoms with E-state index in [-0.39, 0.29) is 5.56 Å². The van der Waals surface area contributed by atoms with Crippen molar-refractivity contribution in [3.05, 3.63) is 18.0 Å². The predicted octanol–water partition coefficient (Wildman–Crippen LogP) is 0.884. The van der Waals surface area contributed by atoms with Crippen LogP contribution in [-0.4, -0.2) is 21.9 Å². The Labute approximate surface area is 62.0 Å². The summed E-state index contributed by atoms with van der Waals surface area (Å²) in [7, 11) is 0. The Morgan fingerprint density at radius 1 is 1.64 bits per heavy atom. The Bertz CT molecular complexity index is 210. The van der Waals surface area contributed by atoms with E-state index in [1.54, 1.807) is 0 Å². The quantitative estimate of drug-likeness (QED) is 0.693. The Morgan fingerprint density at radius 2 is 2.36 bits per heavy atom. The van der Waals surface area contributed by atoms with Crippen LogP contribution in [0.2, 0.25) is 0 Å². The van der Waals surface area contributed by atoms with Gasteiger partial charge in [0, 0.05) is 19.2 Å². The van der Waals surface area contributed by atoms with Gasteiger partial charge in [0.05, 0.1) is 11.8 Å². The smallest absolute Gasteiger partial charge is 0.278 e. The van der Waals surface area contributed by atoms with Crippen LogP contribution in [0.1, 0.15) is 12.0 Å². The molecule has 1 rings (SSSR count). The largest absolute Gasteiger partial charge is 0.396 e. The van der Waals surface area contributed by atoms with Crippen molar-refractivity contribution in [1.82, 2.24) is 10.2 Å². The average molecular weight is 162 g/mol.